The fourth-order valence-corrected chi connectivity index (χ4v) is 0.883. The number of hydrogen-bond donors (Lipinski definition) is 3. The average molecular weight is 169 g/mol. The van der Waals surface area contributed by atoms with E-state index < -0.39 is 5.60 Å². The third-order valence-electron chi connectivity index (χ3n) is 1.90. The smallest absolute Gasteiger partial charge is 0.0921 e. The lowest BCUT2D eigenvalue weighted by molar-refractivity contribution is 0.0518. The highest BCUT2D eigenvalue weighted by atomic mass is 16.3. The van der Waals surface area contributed by atoms with Crippen LogP contribution in [0.3, 0.4) is 0 Å². The Morgan fingerprint density at radius 2 is 2.42 bits per heavy atom. The van der Waals surface area contributed by atoms with Crippen LogP contribution in [-0.4, -0.2) is 26.7 Å². The molecule has 4 N–H and O–H groups in total. The first-order valence-electron chi connectivity index (χ1n) is 3.95. The zero-order valence-electron chi connectivity index (χ0n) is 7.41. The van der Waals surface area contributed by atoms with Gasteiger partial charge in [0.15, 0.2) is 0 Å². The summed E-state index contributed by atoms with van der Waals surface area (Å²) in [6.45, 7) is 3.40. The van der Waals surface area contributed by atoms with E-state index in [9.17, 15) is 5.11 Å². The second-order valence-corrected chi connectivity index (χ2v) is 3.54. The number of nitrogens with zero attached hydrogens (tertiary/aromatic N) is 1. The zero-order valence-corrected chi connectivity index (χ0v) is 7.41. The molecule has 1 heterocycles. The van der Waals surface area contributed by atoms with Gasteiger partial charge in [-0.15, -0.1) is 0 Å². The number of aromatic nitrogens is 2. The lowest BCUT2D eigenvalue weighted by Gasteiger charge is -2.24. The van der Waals surface area contributed by atoms with Crippen molar-refractivity contribution in [2.75, 3.05) is 0 Å². The van der Waals surface area contributed by atoms with Gasteiger partial charge in [-0.05, 0) is 13.8 Å². The van der Waals surface area contributed by atoms with Gasteiger partial charge in [-0.2, -0.15) is 0 Å². The summed E-state index contributed by atoms with van der Waals surface area (Å²) in [7, 11) is 0. The van der Waals surface area contributed by atoms with Gasteiger partial charge in [-0.25, -0.2) is 4.98 Å². The van der Waals surface area contributed by atoms with E-state index in [1.165, 1.54) is 0 Å². The standard InChI is InChI=1S/C8H15N3O/c1-8(2,12)7(9)3-6-4-10-5-11-6/h4-5,7,12H,3,9H2,1-2H3,(H,10,11)/t7-/m0/s1. The number of aromatic amines is 1. The molecule has 0 spiro atoms. The number of aliphatic hydroxyl groups is 1. The monoisotopic (exact) mass is 169 g/mol. The van der Waals surface area contributed by atoms with Crippen molar-refractivity contribution in [2.24, 2.45) is 5.73 Å². The van der Waals surface area contributed by atoms with Crippen molar-refractivity contribution in [3.8, 4) is 0 Å². The molecule has 0 unspecified atom stereocenters. The number of imidazole rings is 1. The Morgan fingerprint density at radius 1 is 1.75 bits per heavy atom. The van der Waals surface area contributed by atoms with E-state index in [1.807, 2.05) is 0 Å². The number of H-pyrrole nitrogens is 1. The maximum atomic E-state index is 9.53. The van der Waals surface area contributed by atoms with Crippen molar-refractivity contribution in [1.82, 2.24) is 9.97 Å². The van der Waals surface area contributed by atoms with Gasteiger partial charge in [0.05, 0.1) is 11.9 Å². The molecule has 0 aliphatic heterocycles. The Kier molecular flexibility index (Phi) is 2.49. The van der Waals surface area contributed by atoms with E-state index in [-0.39, 0.29) is 6.04 Å². The summed E-state index contributed by atoms with van der Waals surface area (Å²) >= 11 is 0. The molecule has 0 aliphatic carbocycles. The molecule has 0 saturated carbocycles. The predicted octanol–water partition coefficient (Wildman–Crippen LogP) is 0.0504. The number of rotatable bonds is 3. The third-order valence-corrected chi connectivity index (χ3v) is 1.90. The molecule has 0 radical (unpaired) electrons. The Labute approximate surface area is 71.8 Å². The number of hydrogen-bond acceptors (Lipinski definition) is 3. The van der Waals surface area contributed by atoms with E-state index in [0.717, 1.165) is 5.69 Å². The van der Waals surface area contributed by atoms with Crippen LogP contribution in [0, 0.1) is 0 Å². The topological polar surface area (TPSA) is 74.9 Å². The first kappa shape index (κ1) is 9.22. The fourth-order valence-electron chi connectivity index (χ4n) is 0.883. The Morgan fingerprint density at radius 3 is 2.83 bits per heavy atom. The molecule has 0 bridgehead atoms. The number of nitrogens with two attached hydrogens (primary N) is 1. The molecule has 1 atom stereocenters. The summed E-state index contributed by atoms with van der Waals surface area (Å²) in [5.74, 6) is 0. The van der Waals surface area contributed by atoms with Crippen molar-refractivity contribution in [1.29, 1.82) is 0 Å². The first-order valence-corrected chi connectivity index (χ1v) is 3.95. The molecule has 0 aliphatic rings. The van der Waals surface area contributed by atoms with Gasteiger partial charge in [0, 0.05) is 24.4 Å². The minimum absolute atomic E-state index is 0.266. The van der Waals surface area contributed by atoms with Gasteiger partial charge in [-0.3, -0.25) is 0 Å². The Bertz CT molecular complexity index is 225. The molecule has 1 rings (SSSR count). The Hall–Kier alpha value is -0.870. The SMILES string of the molecule is CC(C)(O)[C@@H](N)Cc1cnc[nH]1. The normalized spacial score (nSPS) is 14.7. The largest absolute Gasteiger partial charge is 0.389 e. The van der Waals surface area contributed by atoms with Crippen LogP contribution in [0.2, 0.25) is 0 Å². The van der Waals surface area contributed by atoms with Crippen LogP contribution in [-0.2, 0) is 6.42 Å². The molecular formula is C8H15N3O. The first-order chi connectivity index (χ1) is 5.50. The lowest BCUT2D eigenvalue weighted by Crippen LogP contribution is -2.44. The van der Waals surface area contributed by atoms with Crippen LogP contribution in [0.1, 0.15) is 19.5 Å². The fraction of sp³-hybridized carbons (Fsp3) is 0.625. The van der Waals surface area contributed by atoms with E-state index in [2.05, 4.69) is 9.97 Å². The molecule has 1 aromatic heterocycles. The van der Waals surface area contributed by atoms with Crippen molar-refractivity contribution in [3.63, 3.8) is 0 Å². The van der Waals surface area contributed by atoms with Gasteiger partial charge in [0.1, 0.15) is 0 Å². The third kappa shape index (κ3) is 2.32. The molecule has 0 fully saturated rings. The van der Waals surface area contributed by atoms with Crippen molar-refractivity contribution in [3.05, 3.63) is 18.2 Å². The molecule has 0 amide bonds. The highest BCUT2D eigenvalue weighted by Crippen LogP contribution is 2.10. The van der Waals surface area contributed by atoms with Gasteiger partial charge < -0.3 is 15.8 Å². The minimum Gasteiger partial charge on any atom is -0.389 e. The molecule has 4 heteroatoms. The minimum atomic E-state index is -0.842. The van der Waals surface area contributed by atoms with Gasteiger partial charge in [0.2, 0.25) is 0 Å². The van der Waals surface area contributed by atoms with Crippen LogP contribution in [0.15, 0.2) is 12.5 Å². The van der Waals surface area contributed by atoms with Gasteiger partial charge in [-0.1, -0.05) is 0 Å². The predicted molar refractivity (Wildman–Crippen MR) is 46.6 cm³/mol. The lowest BCUT2D eigenvalue weighted by atomic mass is 9.96. The zero-order chi connectivity index (χ0) is 9.19. The maximum Gasteiger partial charge on any atom is 0.0921 e. The molecule has 0 aromatic carbocycles. The highest BCUT2D eigenvalue weighted by Gasteiger charge is 2.23. The molecular weight excluding hydrogens is 154 g/mol. The molecule has 0 saturated heterocycles. The van der Waals surface area contributed by atoms with Gasteiger partial charge >= 0.3 is 0 Å². The highest BCUT2D eigenvalue weighted by molar-refractivity contribution is 5.00. The summed E-state index contributed by atoms with van der Waals surface area (Å²) in [6.07, 6.45) is 3.93. The van der Waals surface area contributed by atoms with E-state index in [0.29, 0.717) is 6.42 Å². The van der Waals surface area contributed by atoms with Crippen molar-refractivity contribution < 1.29 is 5.11 Å². The summed E-state index contributed by atoms with van der Waals surface area (Å²) in [6, 6.07) is -0.266. The van der Waals surface area contributed by atoms with Crippen LogP contribution in [0.25, 0.3) is 0 Å². The van der Waals surface area contributed by atoms with Crippen LogP contribution >= 0.6 is 0 Å². The molecule has 1 aromatic rings. The maximum absolute atomic E-state index is 9.53. The number of nitrogens with one attached hydrogen (secondary N) is 1. The quantitative estimate of drug-likeness (QED) is 0.598. The van der Waals surface area contributed by atoms with Crippen LogP contribution < -0.4 is 5.73 Å². The summed E-state index contributed by atoms with van der Waals surface area (Å²) in [5, 5.41) is 9.53. The van der Waals surface area contributed by atoms with Crippen LogP contribution in [0.5, 0.6) is 0 Å². The summed E-state index contributed by atoms with van der Waals surface area (Å²) in [4.78, 5) is 6.80. The second-order valence-electron chi connectivity index (χ2n) is 3.54. The van der Waals surface area contributed by atoms with E-state index >= 15 is 0 Å². The van der Waals surface area contributed by atoms with E-state index in [1.54, 1.807) is 26.4 Å². The molecule has 68 valence electrons. The van der Waals surface area contributed by atoms with Crippen molar-refractivity contribution in [2.45, 2.75) is 31.9 Å². The van der Waals surface area contributed by atoms with Gasteiger partial charge in [0.25, 0.3) is 0 Å². The van der Waals surface area contributed by atoms with E-state index in [4.69, 9.17) is 5.73 Å². The molecule has 4 nitrogen and oxygen atoms in total. The Balaban J connectivity index is 2.53. The van der Waals surface area contributed by atoms with Crippen LogP contribution in [0.4, 0.5) is 0 Å². The average Bonchev–Trinajstić information content (AvgIpc) is 2.37. The summed E-state index contributed by atoms with van der Waals surface area (Å²) < 4.78 is 0. The summed E-state index contributed by atoms with van der Waals surface area (Å²) in [5.41, 5.74) is 5.85. The van der Waals surface area contributed by atoms with Crippen molar-refractivity contribution >= 4 is 0 Å². The molecule has 12 heavy (non-hydrogen) atoms. The second kappa shape index (κ2) is 3.25.